The van der Waals surface area contributed by atoms with E-state index in [-0.39, 0.29) is 11.8 Å². The SMILES string of the molecule is CCNC(=O)CN(C)CCCCCC(=O)NN. The van der Waals surface area contributed by atoms with Crippen molar-refractivity contribution < 1.29 is 9.59 Å². The van der Waals surface area contributed by atoms with Gasteiger partial charge in [-0.2, -0.15) is 0 Å². The van der Waals surface area contributed by atoms with E-state index in [1.165, 1.54) is 0 Å². The van der Waals surface area contributed by atoms with Gasteiger partial charge in [0.1, 0.15) is 0 Å². The summed E-state index contributed by atoms with van der Waals surface area (Å²) in [5.41, 5.74) is 2.10. The minimum Gasteiger partial charge on any atom is -0.355 e. The van der Waals surface area contributed by atoms with Crippen LogP contribution in [0.3, 0.4) is 0 Å². The van der Waals surface area contributed by atoms with E-state index in [9.17, 15) is 9.59 Å². The van der Waals surface area contributed by atoms with Crippen molar-refractivity contribution in [3.63, 3.8) is 0 Å². The summed E-state index contributed by atoms with van der Waals surface area (Å²) in [6.45, 7) is 3.86. The molecule has 0 heterocycles. The number of carbonyl (C=O) groups is 2. The fraction of sp³-hybridized carbons (Fsp3) is 0.818. The second-order valence-electron chi connectivity index (χ2n) is 4.07. The van der Waals surface area contributed by atoms with Crippen LogP contribution in [0, 0.1) is 0 Å². The summed E-state index contributed by atoms with van der Waals surface area (Å²) < 4.78 is 0. The van der Waals surface area contributed by atoms with Gasteiger partial charge in [-0.1, -0.05) is 6.42 Å². The zero-order valence-electron chi connectivity index (χ0n) is 10.8. The fourth-order valence-corrected chi connectivity index (χ4v) is 1.49. The van der Waals surface area contributed by atoms with Crippen molar-refractivity contribution >= 4 is 11.8 Å². The Morgan fingerprint density at radius 2 is 1.88 bits per heavy atom. The first-order valence-corrected chi connectivity index (χ1v) is 6.04. The third kappa shape index (κ3) is 9.77. The summed E-state index contributed by atoms with van der Waals surface area (Å²) in [6, 6.07) is 0. The molecule has 0 aromatic rings. The van der Waals surface area contributed by atoms with Gasteiger partial charge in [-0.15, -0.1) is 0 Å². The lowest BCUT2D eigenvalue weighted by Crippen LogP contribution is -2.35. The van der Waals surface area contributed by atoms with Gasteiger partial charge in [-0.25, -0.2) is 5.84 Å². The number of hydrazine groups is 1. The average molecular weight is 244 g/mol. The molecule has 0 saturated carbocycles. The quantitative estimate of drug-likeness (QED) is 0.223. The Kier molecular flexibility index (Phi) is 9.37. The number of nitrogens with two attached hydrogens (primary N) is 1. The molecule has 6 heteroatoms. The van der Waals surface area contributed by atoms with Crippen LogP contribution >= 0.6 is 0 Å². The molecule has 17 heavy (non-hydrogen) atoms. The number of nitrogens with one attached hydrogen (secondary N) is 2. The number of likely N-dealkylation sites (N-methyl/N-ethyl adjacent to an activating group) is 2. The molecular weight excluding hydrogens is 220 g/mol. The van der Waals surface area contributed by atoms with E-state index in [1.807, 2.05) is 18.9 Å². The van der Waals surface area contributed by atoms with E-state index in [0.717, 1.165) is 25.8 Å². The Bertz CT molecular complexity index is 234. The van der Waals surface area contributed by atoms with Crippen molar-refractivity contribution in [1.29, 1.82) is 0 Å². The van der Waals surface area contributed by atoms with E-state index in [0.29, 0.717) is 19.5 Å². The van der Waals surface area contributed by atoms with E-state index >= 15 is 0 Å². The number of hydrogen-bond donors (Lipinski definition) is 3. The number of amides is 2. The van der Waals surface area contributed by atoms with Crippen LogP contribution < -0.4 is 16.6 Å². The molecule has 0 spiro atoms. The highest BCUT2D eigenvalue weighted by molar-refractivity contribution is 5.77. The maximum atomic E-state index is 11.3. The zero-order valence-corrected chi connectivity index (χ0v) is 10.8. The summed E-state index contributed by atoms with van der Waals surface area (Å²) in [4.78, 5) is 24.1. The zero-order chi connectivity index (χ0) is 13.1. The lowest BCUT2D eigenvalue weighted by molar-refractivity contribution is -0.122. The van der Waals surface area contributed by atoms with Crippen LogP contribution in [0.15, 0.2) is 0 Å². The predicted octanol–water partition coefficient (Wildman–Crippen LogP) is -0.395. The highest BCUT2D eigenvalue weighted by Gasteiger charge is 2.04. The highest BCUT2D eigenvalue weighted by atomic mass is 16.2. The van der Waals surface area contributed by atoms with Gasteiger partial charge in [0.05, 0.1) is 6.54 Å². The average Bonchev–Trinajstić information content (AvgIpc) is 2.28. The first-order valence-electron chi connectivity index (χ1n) is 6.04. The molecular formula is C11H24N4O2. The molecule has 0 aromatic heterocycles. The predicted molar refractivity (Wildman–Crippen MR) is 67.0 cm³/mol. The Labute approximate surface area is 103 Å². The normalized spacial score (nSPS) is 10.4. The van der Waals surface area contributed by atoms with Gasteiger partial charge in [-0.3, -0.25) is 19.9 Å². The molecule has 0 fully saturated rings. The molecule has 0 aromatic carbocycles. The topological polar surface area (TPSA) is 87.5 Å². The van der Waals surface area contributed by atoms with Crippen LogP contribution in [0.4, 0.5) is 0 Å². The maximum Gasteiger partial charge on any atom is 0.234 e. The molecule has 0 aliphatic rings. The Hall–Kier alpha value is -1.14. The highest BCUT2D eigenvalue weighted by Crippen LogP contribution is 2.00. The van der Waals surface area contributed by atoms with E-state index in [1.54, 1.807) is 0 Å². The molecule has 0 saturated heterocycles. The molecule has 0 radical (unpaired) electrons. The molecule has 0 unspecified atom stereocenters. The molecule has 0 aliphatic carbocycles. The van der Waals surface area contributed by atoms with Crippen molar-refractivity contribution in [1.82, 2.24) is 15.6 Å². The molecule has 0 bridgehead atoms. The van der Waals surface area contributed by atoms with Crippen molar-refractivity contribution in [2.45, 2.75) is 32.6 Å². The van der Waals surface area contributed by atoms with Gasteiger partial charge < -0.3 is 5.32 Å². The number of hydrogen-bond acceptors (Lipinski definition) is 4. The molecule has 0 rings (SSSR count). The Morgan fingerprint density at radius 3 is 2.47 bits per heavy atom. The standard InChI is InChI=1S/C11H24N4O2/c1-3-13-11(17)9-15(2)8-6-4-5-7-10(16)14-12/h3-9,12H2,1-2H3,(H,13,17)(H,14,16). The van der Waals surface area contributed by atoms with Crippen LogP contribution in [-0.2, 0) is 9.59 Å². The summed E-state index contributed by atoms with van der Waals surface area (Å²) in [6.07, 6.45) is 3.25. The van der Waals surface area contributed by atoms with Gasteiger partial charge >= 0.3 is 0 Å². The van der Waals surface area contributed by atoms with Crippen molar-refractivity contribution in [3.8, 4) is 0 Å². The smallest absolute Gasteiger partial charge is 0.234 e. The van der Waals surface area contributed by atoms with Gasteiger partial charge in [0.15, 0.2) is 0 Å². The maximum absolute atomic E-state index is 11.3. The second kappa shape index (κ2) is 10.0. The first kappa shape index (κ1) is 15.9. The largest absolute Gasteiger partial charge is 0.355 e. The summed E-state index contributed by atoms with van der Waals surface area (Å²) in [7, 11) is 1.92. The minimum absolute atomic E-state index is 0.0532. The monoisotopic (exact) mass is 244 g/mol. The molecule has 2 amide bonds. The minimum atomic E-state index is -0.124. The van der Waals surface area contributed by atoms with E-state index in [2.05, 4.69) is 10.7 Å². The number of nitrogens with zero attached hydrogens (tertiary/aromatic N) is 1. The van der Waals surface area contributed by atoms with Crippen molar-refractivity contribution in [2.75, 3.05) is 26.7 Å². The van der Waals surface area contributed by atoms with Gasteiger partial charge in [0.25, 0.3) is 0 Å². The lowest BCUT2D eigenvalue weighted by atomic mass is 10.2. The molecule has 6 nitrogen and oxygen atoms in total. The molecule has 0 aliphatic heterocycles. The first-order chi connectivity index (χ1) is 8.10. The summed E-state index contributed by atoms with van der Waals surface area (Å²) in [5, 5.41) is 2.75. The second-order valence-corrected chi connectivity index (χ2v) is 4.07. The Balaban J connectivity index is 3.42. The molecule has 0 atom stereocenters. The summed E-state index contributed by atoms with van der Waals surface area (Å²) >= 11 is 0. The number of unbranched alkanes of at least 4 members (excludes halogenated alkanes) is 2. The van der Waals surface area contributed by atoms with E-state index < -0.39 is 0 Å². The van der Waals surface area contributed by atoms with Gasteiger partial charge in [-0.05, 0) is 33.4 Å². The van der Waals surface area contributed by atoms with Crippen molar-refractivity contribution in [2.24, 2.45) is 5.84 Å². The van der Waals surface area contributed by atoms with Crippen LogP contribution in [0.5, 0.6) is 0 Å². The Morgan fingerprint density at radius 1 is 1.18 bits per heavy atom. The van der Waals surface area contributed by atoms with Gasteiger partial charge in [0.2, 0.25) is 11.8 Å². The lowest BCUT2D eigenvalue weighted by Gasteiger charge is -2.15. The summed E-state index contributed by atoms with van der Waals surface area (Å²) in [5.74, 6) is 4.89. The molecule has 100 valence electrons. The molecule has 4 N–H and O–H groups in total. The van der Waals surface area contributed by atoms with Crippen LogP contribution in [-0.4, -0.2) is 43.4 Å². The van der Waals surface area contributed by atoms with Gasteiger partial charge in [0, 0.05) is 13.0 Å². The van der Waals surface area contributed by atoms with Crippen LogP contribution in [0.25, 0.3) is 0 Å². The fourth-order valence-electron chi connectivity index (χ4n) is 1.49. The number of carbonyl (C=O) groups excluding carboxylic acids is 2. The number of rotatable bonds is 9. The third-order valence-corrected chi connectivity index (χ3v) is 2.39. The van der Waals surface area contributed by atoms with Crippen LogP contribution in [0.2, 0.25) is 0 Å². The third-order valence-electron chi connectivity index (χ3n) is 2.39. The van der Waals surface area contributed by atoms with Crippen LogP contribution in [0.1, 0.15) is 32.6 Å². The van der Waals surface area contributed by atoms with Crippen molar-refractivity contribution in [3.05, 3.63) is 0 Å². The van der Waals surface area contributed by atoms with E-state index in [4.69, 9.17) is 5.84 Å².